The summed E-state index contributed by atoms with van der Waals surface area (Å²) in [5.74, 6) is -3.80. The number of likely N-dealkylation sites (tertiary alicyclic amines) is 1. The van der Waals surface area contributed by atoms with Crippen molar-refractivity contribution in [3.63, 3.8) is 0 Å². The molecule has 2 aliphatic heterocycles. The van der Waals surface area contributed by atoms with Crippen LogP contribution in [0.2, 0.25) is 0 Å². The molecule has 1 aromatic heterocycles. The zero-order valence-electron chi connectivity index (χ0n) is 21.4. The van der Waals surface area contributed by atoms with Gasteiger partial charge < -0.3 is 20.1 Å². The molecule has 2 aromatic carbocycles. The summed E-state index contributed by atoms with van der Waals surface area (Å²) >= 11 is 0. The zero-order chi connectivity index (χ0) is 26.3. The topological polar surface area (TPSA) is 62.7 Å². The number of fused-ring (bicyclic) bond motifs is 3. The van der Waals surface area contributed by atoms with E-state index in [2.05, 4.69) is 16.8 Å². The Balaban J connectivity index is 1.48. The molecule has 0 spiro atoms. The number of hydrogen-bond donors (Lipinski definition) is 3. The molecular formula is C29H36F3N3O2. The van der Waals surface area contributed by atoms with Crippen molar-refractivity contribution in [3.05, 3.63) is 70.7 Å². The predicted molar refractivity (Wildman–Crippen MR) is 138 cm³/mol. The van der Waals surface area contributed by atoms with E-state index in [1.54, 1.807) is 17.0 Å². The molecule has 0 radical (unpaired) electrons. The standard InChI is InChI=1S/C29H36F3N3O2/c1-3-4-11-34-14-20(15-34)28(37)19-9-10-22(24(30)13-19)27-26-23(21-7-5-6-8-25(21)33-26)12-18(2)35(27)16-29(31,32)17-36/h5-10,13,18,20,27-28,33,36-37H,3-4,11-12,14-17H2,1-2H3/t18-,27-,28+/m1/s1. The summed E-state index contributed by atoms with van der Waals surface area (Å²) < 4.78 is 44.7. The van der Waals surface area contributed by atoms with Crippen LogP contribution >= 0.6 is 0 Å². The second-order valence-corrected chi connectivity index (χ2v) is 10.8. The lowest BCUT2D eigenvalue weighted by atomic mass is 9.85. The van der Waals surface area contributed by atoms with Crippen molar-refractivity contribution in [2.45, 2.75) is 57.2 Å². The highest BCUT2D eigenvalue weighted by molar-refractivity contribution is 5.85. The molecule has 37 heavy (non-hydrogen) atoms. The van der Waals surface area contributed by atoms with Crippen molar-refractivity contribution in [1.29, 1.82) is 0 Å². The molecular weight excluding hydrogens is 479 g/mol. The van der Waals surface area contributed by atoms with E-state index >= 15 is 4.39 Å². The lowest BCUT2D eigenvalue weighted by Crippen LogP contribution is -2.49. The average Bonchev–Trinajstić information content (AvgIpc) is 3.21. The SMILES string of the molecule is CCCCN1CC([C@@H](O)c2ccc([C@@H]3c4[nH]c5ccccc5c4C[C@@H](C)N3CC(F)(F)CO)c(F)c2)C1. The second-order valence-electron chi connectivity index (χ2n) is 10.8. The largest absolute Gasteiger partial charge is 0.390 e. The quantitative estimate of drug-likeness (QED) is 0.374. The number of alkyl halides is 2. The third-order valence-corrected chi connectivity index (χ3v) is 8.08. The number of aromatic nitrogens is 1. The van der Waals surface area contributed by atoms with Gasteiger partial charge in [-0.15, -0.1) is 0 Å². The molecule has 0 amide bonds. The molecule has 0 aliphatic carbocycles. The van der Waals surface area contributed by atoms with Gasteiger partial charge in [-0.1, -0.05) is 43.7 Å². The molecule has 1 fully saturated rings. The van der Waals surface area contributed by atoms with Crippen molar-refractivity contribution >= 4 is 10.9 Å². The monoisotopic (exact) mass is 515 g/mol. The summed E-state index contributed by atoms with van der Waals surface area (Å²) in [7, 11) is 0. The number of aromatic amines is 1. The molecule has 0 bridgehead atoms. The van der Waals surface area contributed by atoms with Crippen LogP contribution in [0.5, 0.6) is 0 Å². The van der Waals surface area contributed by atoms with Crippen LogP contribution in [0.3, 0.4) is 0 Å². The first kappa shape index (κ1) is 26.2. The molecule has 0 unspecified atom stereocenters. The van der Waals surface area contributed by atoms with E-state index in [1.165, 1.54) is 6.07 Å². The number of aliphatic hydroxyl groups is 2. The predicted octanol–water partition coefficient (Wildman–Crippen LogP) is 5.04. The number of benzene rings is 2. The Bertz CT molecular complexity index is 1240. The fourth-order valence-electron chi connectivity index (χ4n) is 6.00. The first-order valence-corrected chi connectivity index (χ1v) is 13.3. The van der Waals surface area contributed by atoms with E-state index in [9.17, 15) is 19.0 Å². The van der Waals surface area contributed by atoms with Gasteiger partial charge in [-0.05, 0) is 49.6 Å². The first-order valence-electron chi connectivity index (χ1n) is 13.3. The minimum absolute atomic E-state index is 0.0527. The summed E-state index contributed by atoms with van der Waals surface area (Å²) in [6.07, 6.45) is 2.00. The van der Waals surface area contributed by atoms with Gasteiger partial charge in [0.2, 0.25) is 0 Å². The molecule has 3 heterocycles. The summed E-state index contributed by atoms with van der Waals surface area (Å²) in [6, 6.07) is 11.4. The number of halogens is 3. The van der Waals surface area contributed by atoms with Crippen molar-refractivity contribution in [3.8, 4) is 0 Å². The maximum Gasteiger partial charge on any atom is 0.283 e. The van der Waals surface area contributed by atoms with Gasteiger partial charge in [0.25, 0.3) is 5.92 Å². The lowest BCUT2D eigenvalue weighted by Gasteiger charge is -2.43. The number of nitrogens with one attached hydrogen (secondary N) is 1. The number of rotatable bonds is 9. The Kier molecular flexibility index (Phi) is 7.38. The molecule has 2 aliphatic rings. The van der Waals surface area contributed by atoms with Crippen LogP contribution in [-0.2, 0) is 6.42 Å². The lowest BCUT2D eigenvalue weighted by molar-refractivity contribution is -0.0866. The number of para-hydroxylation sites is 1. The van der Waals surface area contributed by atoms with E-state index in [4.69, 9.17) is 0 Å². The van der Waals surface area contributed by atoms with Gasteiger partial charge in [-0.3, -0.25) is 4.90 Å². The van der Waals surface area contributed by atoms with Crippen LogP contribution in [0.4, 0.5) is 13.2 Å². The van der Waals surface area contributed by atoms with Gasteiger partial charge in [0, 0.05) is 47.2 Å². The summed E-state index contributed by atoms with van der Waals surface area (Å²) in [5.41, 5.74) is 3.37. The smallest absolute Gasteiger partial charge is 0.283 e. The van der Waals surface area contributed by atoms with Crippen molar-refractivity contribution in [1.82, 2.24) is 14.8 Å². The summed E-state index contributed by atoms with van der Waals surface area (Å²) in [6.45, 7) is 4.63. The molecule has 8 heteroatoms. The highest BCUT2D eigenvalue weighted by Gasteiger charge is 2.42. The number of aliphatic hydroxyl groups excluding tert-OH is 2. The number of unbranched alkanes of at least 4 members (excludes halogenated alkanes) is 1. The third-order valence-electron chi connectivity index (χ3n) is 8.08. The zero-order valence-corrected chi connectivity index (χ0v) is 21.4. The van der Waals surface area contributed by atoms with Crippen LogP contribution < -0.4 is 0 Å². The van der Waals surface area contributed by atoms with Gasteiger partial charge in [0.1, 0.15) is 12.4 Å². The fourth-order valence-corrected chi connectivity index (χ4v) is 6.00. The maximum atomic E-state index is 15.8. The minimum atomic E-state index is -3.32. The second kappa shape index (κ2) is 10.4. The van der Waals surface area contributed by atoms with Crippen molar-refractivity contribution in [2.24, 2.45) is 5.92 Å². The Hall–Kier alpha value is -2.39. The van der Waals surface area contributed by atoms with Crippen LogP contribution in [0.1, 0.15) is 61.2 Å². The summed E-state index contributed by atoms with van der Waals surface area (Å²) in [4.78, 5) is 7.25. The molecule has 3 N–H and O–H groups in total. The molecule has 5 rings (SSSR count). The summed E-state index contributed by atoms with van der Waals surface area (Å²) in [5, 5.41) is 21.2. The molecule has 3 atom stereocenters. The van der Waals surface area contributed by atoms with E-state index in [0.717, 1.165) is 48.9 Å². The van der Waals surface area contributed by atoms with Crippen molar-refractivity contribution in [2.75, 3.05) is 32.8 Å². The van der Waals surface area contributed by atoms with E-state index < -0.39 is 37.0 Å². The number of hydrogen-bond acceptors (Lipinski definition) is 4. The van der Waals surface area contributed by atoms with E-state index in [-0.39, 0.29) is 17.5 Å². The molecule has 200 valence electrons. The third kappa shape index (κ3) is 5.04. The van der Waals surface area contributed by atoms with Gasteiger partial charge in [0.15, 0.2) is 0 Å². The molecule has 0 saturated carbocycles. The van der Waals surface area contributed by atoms with Crippen LogP contribution in [0.25, 0.3) is 10.9 Å². The Labute approximate surface area is 215 Å². The normalized spacial score (nSPS) is 22.2. The molecule has 5 nitrogen and oxygen atoms in total. The highest BCUT2D eigenvalue weighted by Crippen LogP contribution is 2.43. The van der Waals surface area contributed by atoms with Gasteiger partial charge >= 0.3 is 0 Å². The number of H-pyrrole nitrogens is 1. The van der Waals surface area contributed by atoms with Gasteiger partial charge in [-0.25, -0.2) is 13.2 Å². The highest BCUT2D eigenvalue weighted by atomic mass is 19.3. The van der Waals surface area contributed by atoms with E-state index in [1.807, 2.05) is 31.2 Å². The van der Waals surface area contributed by atoms with Gasteiger partial charge in [0.05, 0.1) is 18.7 Å². The molecule has 1 saturated heterocycles. The van der Waals surface area contributed by atoms with E-state index in [0.29, 0.717) is 17.7 Å². The molecule has 3 aromatic rings. The average molecular weight is 516 g/mol. The van der Waals surface area contributed by atoms with Crippen molar-refractivity contribution < 1.29 is 23.4 Å². The number of nitrogens with zero attached hydrogens (tertiary/aromatic N) is 2. The van der Waals surface area contributed by atoms with Crippen LogP contribution in [0.15, 0.2) is 42.5 Å². The first-order chi connectivity index (χ1) is 17.7. The minimum Gasteiger partial charge on any atom is -0.390 e. The fraction of sp³-hybridized carbons (Fsp3) is 0.517. The Morgan fingerprint density at radius 2 is 1.92 bits per heavy atom. The maximum absolute atomic E-state index is 15.8. The Morgan fingerprint density at radius 1 is 1.16 bits per heavy atom. The van der Waals surface area contributed by atoms with Crippen LogP contribution in [-0.4, -0.2) is 69.7 Å². The van der Waals surface area contributed by atoms with Crippen LogP contribution in [0, 0.1) is 11.7 Å². The van der Waals surface area contributed by atoms with Gasteiger partial charge in [-0.2, -0.15) is 0 Å². The Morgan fingerprint density at radius 3 is 2.62 bits per heavy atom.